The molecule has 108 valence electrons. The van der Waals surface area contributed by atoms with Gasteiger partial charge in [0.1, 0.15) is 12.4 Å². The first kappa shape index (κ1) is 15.7. The van der Waals surface area contributed by atoms with Crippen LogP contribution in [0.5, 0.6) is 0 Å². The van der Waals surface area contributed by atoms with Crippen LogP contribution in [-0.2, 0) is 11.3 Å². The topological polar surface area (TPSA) is 55.1 Å². The van der Waals surface area contributed by atoms with Gasteiger partial charge in [-0.25, -0.2) is 4.98 Å². The fourth-order valence-corrected chi connectivity index (χ4v) is 2.45. The van der Waals surface area contributed by atoms with Crippen molar-refractivity contribution in [2.24, 2.45) is 0 Å². The fourth-order valence-electron chi connectivity index (χ4n) is 2.45. The molecular formula is C15H26N2O2. The smallest absolute Gasteiger partial charge is 0.323 e. The molecular weight excluding hydrogens is 240 g/mol. The molecule has 0 bridgehead atoms. The molecule has 1 heterocycles. The Balaban J connectivity index is 2.71. The average Bonchev–Trinajstić information content (AvgIpc) is 2.81. The van der Waals surface area contributed by atoms with E-state index < -0.39 is 5.97 Å². The van der Waals surface area contributed by atoms with Gasteiger partial charge in [-0.3, -0.25) is 4.79 Å². The Bertz CT molecular complexity index is 374. The quantitative estimate of drug-likeness (QED) is 0.655. The predicted molar refractivity (Wildman–Crippen MR) is 76.3 cm³/mol. The summed E-state index contributed by atoms with van der Waals surface area (Å²) in [7, 11) is 0. The van der Waals surface area contributed by atoms with Crippen molar-refractivity contribution in [2.75, 3.05) is 0 Å². The van der Waals surface area contributed by atoms with E-state index in [2.05, 4.69) is 18.8 Å². The summed E-state index contributed by atoms with van der Waals surface area (Å²) in [5, 5.41) is 8.93. The summed E-state index contributed by atoms with van der Waals surface area (Å²) in [5.41, 5.74) is 0. The molecule has 0 aliphatic rings. The highest BCUT2D eigenvalue weighted by molar-refractivity contribution is 5.66. The molecule has 0 saturated heterocycles. The van der Waals surface area contributed by atoms with Crippen LogP contribution in [0.25, 0.3) is 0 Å². The minimum absolute atomic E-state index is 0.0196. The summed E-state index contributed by atoms with van der Waals surface area (Å²) in [6.45, 7) is 4.41. The summed E-state index contributed by atoms with van der Waals surface area (Å²) in [5.74, 6) is 0.551. The third kappa shape index (κ3) is 5.45. The number of rotatable bonds is 10. The third-order valence-electron chi connectivity index (χ3n) is 3.48. The van der Waals surface area contributed by atoms with E-state index in [1.807, 2.05) is 0 Å². The van der Waals surface area contributed by atoms with Gasteiger partial charge in [0, 0.05) is 18.3 Å². The minimum Gasteiger partial charge on any atom is -0.480 e. The molecule has 0 spiro atoms. The van der Waals surface area contributed by atoms with E-state index in [-0.39, 0.29) is 6.54 Å². The van der Waals surface area contributed by atoms with Crippen molar-refractivity contribution in [1.82, 2.24) is 9.55 Å². The Morgan fingerprint density at radius 1 is 1.26 bits per heavy atom. The number of aliphatic carboxylic acids is 1. The Kier molecular flexibility index (Phi) is 7.23. The summed E-state index contributed by atoms with van der Waals surface area (Å²) in [6.07, 6.45) is 11.7. The van der Waals surface area contributed by atoms with Crippen LogP contribution in [0.1, 0.15) is 70.5 Å². The van der Waals surface area contributed by atoms with Gasteiger partial charge in [0.15, 0.2) is 0 Å². The molecule has 0 fully saturated rings. The van der Waals surface area contributed by atoms with Crippen LogP contribution in [0, 0.1) is 0 Å². The zero-order chi connectivity index (χ0) is 14.1. The van der Waals surface area contributed by atoms with Crippen molar-refractivity contribution in [1.29, 1.82) is 0 Å². The number of carboxylic acids is 1. The summed E-state index contributed by atoms with van der Waals surface area (Å²) >= 11 is 0. The lowest BCUT2D eigenvalue weighted by Gasteiger charge is -2.17. The summed E-state index contributed by atoms with van der Waals surface area (Å²) in [6, 6.07) is 0. The Morgan fingerprint density at radius 2 is 1.95 bits per heavy atom. The normalized spacial score (nSPS) is 12.5. The first-order valence-electron chi connectivity index (χ1n) is 7.41. The van der Waals surface area contributed by atoms with Gasteiger partial charge in [-0.05, 0) is 12.8 Å². The number of hydrogen-bond acceptors (Lipinski definition) is 2. The Hall–Kier alpha value is -1.32. The highest BCUT2D eigenvalue weighted by Gasteiger charge is 2.17. The maximum atomic E-state index is 10.9. The fraction of sp³-hybridized carbons (Fsp3) is 0.733. The van der Waals surface area contributed by atoms with E-state index in [1.54, 1.807) is 17.0 Å². The summed E-state index contributed by atoms with van der Waals surface area (Å²) in [4.78, 5) is 15.3. The zero-order valence-corrected chi connectivity index (χ0v) is 12.1. The van der Waals surface area contributed by atoms with Crippen molar-refractivity contribution < 1.29 is 9.90 Å². The minimum atomic E-state index is -0.804. The first-order valence-corrected chi connectivity index (χ1v) is 7.41. The molecule has 1 aromatic rings. The van der Waals surface area contributed by atoms with Gasteiger partial charge >= 0.3 is 5.97 Å². The first-order chi connectivity index (χ1) is 9.19. The SMILES string of the molecule is CCCCCC(CCCC)c1nccn1CC(=O)O. The van der Waals surface area contributed by atoms with E-state index >= 15 is 0 Å². The molecule has 0 aromatic carbocycles. The largest absolute Gasteiger partial charge is 0.480 e. The van der Waals surface area contributed by atoms with Crippen LogP contribution in [0.15, 0.2) is 12.4 Å². The lowest BCUT2D eigenvalue weighted by atomic mass is 9.94. The predicted octanol–water partition coefficient (Wildman–Crippen LogP) is 3.82. The van der Waals surface area contributed by atoms with Gasteiger partial charge in [-0.15, -0.1) is 0 Å². The van der Waals surface area contributed by atoms with Crippen LogP contribution in [0.3, 0.4) is 0 Å². The monoisotopic (exact) mass is 266 g/mol. The third-order valence-corrected chi connectivity index (χ3v) is 3.48. The van der Waals surface area contributed by atoms with E-state index in [9.17, 15) is 4.79 Å². The molecule has 4 nitrogen and oxygen atoms in total. The number of aromatic nitrogens is 2. The average molecular weight is 266 g/mol. The molecule has 0 saturated carbocycles. The molecule has 1 N–H and O–H groups in total. The number of unbranched alkanes of at least 4 members (excludes halogenated alkanes) is 3. The van der Waals surface area contributed by atoms with E-state index in [0.29, 0.717) is 5.92 Å². The van der Waals surface area contributed by atoms with Gasteiger partial charge in [0.25, 0.3) is 0 Å². The number of nitrogens with zero attached hydrogens (tertiary/aromatic N) is 2. The van der Waals surface area contributed by atoms with E-state index in [4.69, 9.17) is 5.11 Å². The second-order valence-electron chi connectivity index (χ2n) is 5.14. The highest BCUT2D eigenvalue weighted by Crippen LogP contribution is 2.26. The standard InChI is InChI=1S/C15H26N2O2/c1-3-5-7-9-13(8-6-4-2)15-16-10-11-17(15)12-14(18)19/h10-11,13H,3-9,12H2,1-2H3,(H,18,19). The van der Waals surface area contributed by atoms with E-state index in [0.717, 1.165) is 18.7 Å². The van der Waals surface area contributed by atoms with Crippen molar-refractivity contribution >= 4 is 5.97 Å². The molecule has 1 aromatic heterocycles. The van der Waals surface area contributed by atoms with Crippen molar-refractivity contribution in [3.63, 3.8) is 0 Å². The maximum absolute atomic E-state index is 10.9. The molecule has 1 unspecified atom stereocenters. The zero-order valence-electron chi connectivity index (χ0n) is 12.1. The van der Waals surface area contributed by atoms with E-state index in [1.165, 1.54) is 32.1 Å². The molecule has 1 atom stereocenters. The molecule has 0 aliphatic carbocycles. The number of hydrogen-bond donors (Lipinski definition) is 1. The molecule has 0 radical (unpaired) electrons. The summed E-state index contributed by atoms with van der Waals surface area (Å²) < 4.78 is 1.79. The van der Waals surface area contributed by atoms with Gasteiger partial charge < -0.3 is 9.67 Å². The van der Waals surface area contributed by atoms with Crippen LogP contribution < -0.4 is 0 Å². The number of carboxylic acid groups (broad SMARTS) is 1. The van der Waals surface area contributed by atoms with Crippen LogP contribution >= 0.6 is 0 Å². The molecule has 19 heavy (non-hydrogen) atoms. The number of carbonyl (C=O) groups is 1. The highest BCUT2D eigenvalue weighted by atomic mass is 16.4. The molecule has 1 rings (SSSR count). The Labute approximate surface area is 115 Å². The van der Waals surface area contributed by atoms with Crippen molar-refractivity contribution in [2.45, 2.75) is 71.3 Å². The van der Waals surface area contributed by atoms with Gasteiger partial charge in [-0.2, -0.15) is 0 Å². The van der Waals surface area contributed by atoms with Gasteiger partial charge in [-0.1, -0.05) is 46.0 Å². The van der Waals surface area contributed by atoms with Gasteiger partial charge in [0.2, 0.25) is 0 Å². The van der Waals surface area contributed by atoms with Crippen LogP contribution in [0.4, 0.5) is 0 Å². The van der Waals surface area contributed by atoms with Crippen molar-refractivity contribution in [3.8, 4) is 0 Å². The Morgan fingerprint density at radius 3 is 2.58 bits per heavy atom. The second kappa shape index (κ2) is 8.73. The second-order valence-corrected chi connectivity index (χ2v) is 5.14. The molecule has 0 aliphatic heterocycles. The lowest BCUT2D eigenvalue weighted by Crippen LogP contribution is -2.14. The molecule has 4 heteroatoms. The lowest BCUT2D eigenvalue weighted by molar-refractivity contribution is -0.137. The maximum Gasteiger partial charge on any atom is 0.323 e. The number of imidazole rings is 1. The molecule has 0 amide bonds. The van der Waals surface area contributed by atoms with Crippen LogP contribution in [0.2, 0.25) is 0 Å². The van der Waals surface area contributed by atoms with Crippen LogP contribution in [-0.4, -0.2) is 20.6 Å². The van der Waals surface area contributed by atoms with Gasteiger partial charge in [0.05, 0.1) is 0 Å². The van der Waals surface area contributed by atoms with Crippen molar-refractivity contribution in [3.05, 3.63) is 18.2 Å².